The van der Waals surface area contributed by atoms with Crippen LogP contribution in [0.4, 0.5) is 5.69 Å². The molecule has 8 nitrogen and oxygen atoms in total. The normalized spacial score (nSPS) is 20.6. The number of carbonyl (C=O) groups excluding carboxylic acids is 2. The number of methoxy groups -OCH3 is 2. The number of hydrogen-bond donors (Lipinski definition) is 0. The second-order valence-electron chi connectivity index (χ2n) is 6.46. The fraction of sp³-hybridized carbons (Fsp3) is 0.450. The van der Waals surface area contributed by atoms with Crippen LogP contribution in [0.1, 0.15) is 26.7 Å². The number of esters is 2. The molecule has 0 saturated heterocycles. The lowest BCUT2D eigenvalue weighted by Gasteiger charge is -2.39. The molecular weight excluding hydrogens is 426 g/mol. The van der Waals surface area contributed by atoms with Gasteiger partial charge in [0.15, 0.2) is 0 Å². The van der Waals surface area contributed by atoms with Crippen molar-refractivity contribution in [3.8, 4) is 5.75 Å². The Hall–Kier alpha value is -2.33. The van der Waals surface area contributed by atoms with Gasteiger partial charge in [0, 0.05) is 12.7 Å². The quantitative estimate of drug-likeness (QED) is 0.578. The minimum absolute atomic E-state index is 0.216. The average Bonchev–Trinajstić information content (AvgIpc) is 3.28. The number of allylic oxidation sites excluding steroid dienone is 1. The van der Waals surface area contributed by atoms with E-state index in [1.165, 1.54) is 30.6 Å². The van der Waals surface area contributed by atoms with Crippen LogP contribution in [0, 0.1) is 0 Å². The molecule has 0 amide bonds. The Morgan fingerprint density at radius 3 is 2.37 bits per heavy atom. The Balaban J connectivity index is 2.06. The minimum atomic E-state index is -0.884. The van der Waals surface area contributed by atoms with Gasteiger partial charge in [0.1, 0.15) is 10.7 Å². The van der Waals surface area contributed by atoms with Crippen LogP contribution in [-0.4, -0.2) is 54.1 Å². The molecule has 1 aromatic rings. The summed E-state index contributed by atoms with van der Waals surface area (Å²) < 4.78 is 14.6. The summed E-state index contributed by atoms with van der Waals surface area (Å²) in [6.45, 7) is 4.13. The number of rotatable bonds is 7. The first-order valence-electron chi connectivity index (χ1n) is 9.55. The largest absolute Gasteiger partial charge is 0.497 e. The topological polar surface area (TPSA) is 80.7 Å². The zero-order valence-electron chi connectivity index (χ0n) is 17.6. The lowest BCUT2D eigenvalue weighted by Crippen LogP contribution is -2.47. The van der Waals surface area contributed by atoms with Crippen molar-refractivity contribution in [3.63, 3.8) is 0 Å². The molecule has 2 heterocycles. The molecule has 0 saturated carbocycles. The standard InChI is InChI=1S/C20H25N3O5S2/c1-6-8-15-16(18(24)28-7-2)29-20(22(15)3)23(21-17(30-20)19(25)27-5)13-9-11-14(26-4)12-10-13/h9-12H,6-8H2,1-5H3/t20-/m1/s1. The summed E-state index contributed by atoms with van der Waals surface area (Å²) in [7, 11) is 4.83. The number of hydrogen-bond acceptors (Lipinski definition) is 10. The third kappa shape index (κ3) is 3.85. The number of nitrogens with zero attached hydrogens (tertiary/aromatic N) is 3. The molecule has 0 aromatic heterocycles. The van der Waals surface area contributed by atoms with E-state index in [2.05, 4.69) is 12.0 Å². The van der Waals surface area contributed by atoms with E-state index in [1.54, 1.807) is 19.0 Å². The van der Waals surface area contributed by atoms with Crippen molar-refractivity contribution >= 4 is 46.2 Å². The maximum atomic E-state index is 12.7. The molecule has 2 aliphatic rings. The van der Waals surface area contributed by atoms with Gasteiger partial charge in [0.05, 0.1) is 26.5 Å². The van der Waals surface area contributed by atoms with Crippen molar-refractivity contribution in [2.45, 2.75) is 31.0 Å². The fourth-order valence-electron chi connectivity index (χ4n) is 3.19. The zero-order chi connectivity index (χ0) is 21.9. The first-order valence-corrected chi connectivity index (χ1v) is 11.2. The lowest BCUT2D eigenvalue weighted by molar-refractivity contribution is -0.137. The Labute approximate surface area is 184 Å². The highest BCUT2D eigenvalue weighted by Crippen LogP contribution is 2.59. The van der Waals surface area contributed by atoms with Crippen LogP contribution in [0.5, 0.6) is 5.75 Å². The average molecular weight is 452 g/mol. The van der Waals surface area contributed by atoms with E-state index in [0.717, 1.165) is 17.8 Å². The molecular formula is C20H25N3O5S2. The predicted molar refractivity (Wildman–Crippen MR) is 119 cm³/mol. The smallest absolute Gasteiger partial charge is 0.365 e. The second kappa shape index (κ2) is 9.22. The van der Waals surface area contributed by atoms with Gasteiger partial charge >= 0.3 is 11.9 Å². The second-order valence-corrected chi connectivity index (χ2v) is 9.06. The van der Waals surface area contributed by atoms with E-state index < -0.39 is 10.3 Å². The van der Waals surface area contributed by atoms with Crippen molar-refractivity contribution < 1.29 is 23.8 Å². The Morgan fingerprint density at radius 2 is 1.80 bits per heavy atom. The Morgan fingerprint density at radius 1 is 1.10 bits per heavy atom. The minimum Gasteiger partial charge on any atom is -0.497 e. The van der Waals surface area contributed by atoms with Crippen LogP contribution in [-0.2, 0) is 19.1 Å². The molecule has 2 aliphatic heterocycles. The third-order valence-corrected chi connectivity index (χ3v) is 7.61. The highest BCUT2D eigenvalue weighted by molar-refractivity contribution is 8.28. The van der Waals surface area contributed by atoms with Crippen LogP contribution in [0.15, 0.2) is 40.0 Å². The molecule has 10 heteroatoms. The molecule has 0 unspecified atom stereocenters. The number of thioether (sulfide) groups is 2. The van der Waals surface area contributed by atoms with Gasteiger partial charge in [0.25, 0.3) is 0 Å². The molecule has 3 rings (SSSR count). The van der Waals surface area contributed by atoms with Gasteiger partial charge < -0.3 is 19.1 Å². The van der Waals surface area contributed by atoms with Gasteiger partial charge in [-0.1, -0.05) is 25.1 Å². The van der Waals surface area contributed by atoms with Gasteiger partial charge in [-0.2, -0.15) is 5.10 Å². The van der Waals surface area contributed by atoms with Crippen LogP contribution in [0.2, 0.25) is 0 Å². The number of benzene rings is 1. The zero-order valence-corrected chi connectivity index (χ0v) is 19.3. The van der Waals surface area contributed by atoms with Crippen molar-refractivity contribution in [3.05, 3.63) is 34.9 Å². The maximum Gasteiger partial charge on any atom is 0.365 e. The van der Waals surface area contributed by atoms with E-state index >= 15 is 0 Å². The summed E-state index contributed by atoms with van der Waals surface area (Å²) in [5.74, 6) is -0.177. The van der Waals surface area contributed by atoms with Gasteiger partial charge in [0.2, 0.25) is 9.37 Å². The molecule has 0 radical (unpaired) electrons. The van der Waals surface area contributed by atoms with Crippen molar-refractivity contribution in [2.24, 2.45) is 5.10 Å². The molecule has 1 atom stereocenters. The van der Waals surface area contributed by atoms with Crippen LogP contribution >= 0.6 is 23.5 Å². The van der Waals surface area contributed by atoms with E-state index in [-0.39, 0.29) is 17.6 Å². The number of hydrazone groups is 1. The number of ether oxygens (including phenoxy) is 3. The summed E-state index contributed by atoms with van der Waals surface area (Å²) in [6.07, 6.45) is 1.56. The summed E-state index contributed by atoms with van der Waals surface area (Å²) >= 11 is 2.59. The van der Waals surface area contributed by atoms with Crippen molar-refractivity contribution in [2.75, 3.05) is 32.9 Å². The van der Waals surface area contributed by atoms with Gasteiger partial charge in [-0.05, 0) is 49.4 Å². The highest BCUT2D eigenvalue weighted by Gasteiger charge is 2.57. The first kappa shape index (κ1) is 22.4. The van der Waals surface area contributed by atoms with Gasteiger partial charge in [-0.25, -0.2) is 14.6 Å². The lowest BCUT2D eigenvalue weighted by atomic mass is 10.2. The van der Waals surface area contributed by atoms with Gasteiger partial charge in [-0.3, -0.25) is 0 Å². The maximum absolute atomic E-state index is 12.7. The number of carbonyl (C=O) groups is 2. The monoisotopic (exact) mass is 451 g/mol. The van der Waals surface area contributed by atoms with Crippen LogP contribution in [0.25, 0.3) is 0 Å². The Bertz CT molecular complexity index is 887. The van der Waals surface area contributed by atoms with Gasteiger partial charge in [-0.15, -0.1) is 0 Å². The fourth-order valence-corrected chi connectivity index (χ4v) is 6.11. The van der Waals surface area contributed by atoms with E-state index in [0.29, 0.717) is 17.1 Å². The molecule has 1 spiro atoms. The summed E-state index contributed by atoms with van der Waals surface area (Å²) in [4.78, 5) is 27.6. The predicted octanol–water partition coefficient (Wildman–Crippen LogP) is 3.60. The summed E-state index contributed by atoms with van der Waals surface area (Å²) in [6, 6.07) is 7.37. The van der Waals surface area contributed by atoms with E-state index in [4.69, 9.17) is 14.2 Å². The highest BCUT2D eigenvalue weighted by atomic mass is 32.2. The Kier molecular flexibility index (Phi) is 6.87. The molecule has 162 valence electrons. The first-order chi connectivity index (χ1) is 14.4. The van der Waals surface area contributed by atoms with Crippen LogP contribution in [0.3, 0.4) is 0 Å². The van der Waals surface area contributed by atoms with E-state index in [9.17, 15) is 9.59 Å². The summed E-state index contributed by atoms with van der Waals surface area (Å²) in [5, 5.41) is 6.52. The molecule has 0 aliphatic carbocycles. The van der Waals surface area contributed by atoms with Crippen molar-refractivity contribution in [1.29, 1.82) is 0 Å². The number of anilines is 1. The molecule has 0 N–H and O–H groups in total. The molecule has 1 aromatic carbocycles. The molecule has 0 bridgehead atoms. The van der Waals surface area contributed by atoms with E-state index in [1.807, 2.05) is 36.2 Å². The third-order valence-electron chi connectivity index (χ3n) is 4.64. The van der Waals surface area contributed by atoms with Crippen molar-refractivity contribution in [1.82, 2.24) is 4.90 Å². The van der Waals surface area contributed by atoms with Crippen LogP contribution < -0.4 is 9.75 Å². The SMILES string of the molecule is CCCC1=C(C(=O)OCC)S[C@@]2(SC(C(=O)OC)=NN2c2ccc(OC)cc2)N1C. The molecule has 30 heavy (non-hydrogen) atoms. The molecule has 0 fully saturated rings. The summed E-state index contributed by atoms with van der Waals surface area (Å²) in [5.41, 5.74) is 1.62.